The highest BCUT2D eigenvalue weighted by atomic mass is 19.1. The summed E-state index contributed by atoms with van der Waals surface area (Å²) in [5.41, 5.74) is 4.21. The maximum absolute atomic E-state index is 13.6. The van der Waals surface area contributed by atoms with Crippen molar-refractivity contribution in [2.24, 2.45) is 0 Å². The molecule has 2 rings (SSSR count). The van der Waals surface area contributed by atoms with Crippen LogP contribution in [0.5, 0.6) is 0 Å². The average molecular weight is 257 g/mol. The summed E-state index contributed by atoms with van der Waals surface area (Å²) in [7, 11) is 1.82. The van der Waals surface area contributed by atoms with Gasteiger partial charge in [-0.05, 0) is 41.8 Å². The van der Waals surface area contributed by atoms with E-state index in [2.05, 4.69) is 43.4 Å². The van der Waals surface area contributed by atoms with E-state index in [1.807, 2.05) is 19.2 Å². The van der Waals surface area contributed by atoms with Crippen molar-refractivity contribution < 1.29 is 4.39 Å². The lowest BCUT2D eigenvalue weighted by molar-refractivity contribution is 0.601. The van der Waals surface area contributed by atoms with Crippen molar-refractivity contribution in [3.63, 3.8) is 0 Å². The van der Waals surface area contributed by atoms with Gasteiger partial charge in [-0.1, -0.05) is 44.2 Å². The first-order valence-electron chi connectivity index (χ1n) is 6.65. The van der Waals surface area contributed by atoms with Crippen LogP contribution < -0.4 is 5.32 Å². The number of rotatable bonds is 4. The number of nitrogens with one attached hydrogen (secondary N) is 1. The van der Waals surface area contributed by atoms with E-state index < -0.39 is 0 Å². The molecule has 1 nitrogen and oxygen atoms in total. The molecule has 0 bridgehead atoms. The molecule has 0 heterocycles. The van der Waals surface area contributed by atoms with Gasteiger partial charge >= 0.3 is 0 Å². The fourth-order valence-electron chi connectivity index (χ4n) is 2.14. The quantitative estimate of drug-likeness (QED) is 0.859. The standard InChI is InChI=1S/C17H20FN/c1-12(2)13-4-6-14(7-5-13)15-8-9-17(18)16(10-15)11-19-3/h4-10,12,19H,11H2,1-3H3. The minimum atomic E-state index is -0.156. The van der Waals surface area contributed by atoms with Crippen molar-refractivity contribution in [2.45, 2.75) is 26.3 Å². The molecule has 0 amide bonds. The second kappa shape index (κ2) is 5.98. The van der Waals surface area contributed by atoms with Gasteiger partial charge in [-0.15, -0.1) is 0 Å². The third-order valence-corrected chi connectivity index (χ3v) is 3.32. The third kappa shape index (κ3) is 3.21. The first-order valence-corrected chi connectivity index (χ1v) is 6.65. The Labute approximate surface area is 114 Å². The molecular formula is C17H20FN. The van der Waals surface area contributed by atoms with Crippen molar-refractivity contribution in [1.82, 2.24) is 5.32 Å². The highest BCUT2D eigenvalue weighted by Crippen LogP contribution is 2.24. The van der Waals surface area contributed by atoms with E-state index in [9.17, 15) is 4.39 Å². The Bertz CT molecular complexity index is 544. The lowest BCUT2D eigenvalue weighted by Gasteiger charge is -2.09. The van der Waals surface area contributed by atoms with Gasteiger partial charge in [0.05, 0.1) is 0 Å². The zero-order chi connectivity index (χ0) is 13.8. The van der Waals surface area contributed by atoms with Crippen LogP contribution in [0.3, 0.4) is 0 Å². The Morgan fingerprint density at radius 1 is 1.00 bits per heavy atom. The van der Waals surface area contributed by atoms with Crippen LogP contribution in [0.2, 0.25) is 0 Å². The number of hydrogen-bond acceptors (Lipinski definition) is 1. The minimum Gasteiger partial charge on any atom is -0.316 e. The fourth-order valence-corrected chi connectivity index (χ4v) is 2.14. The van der Waals surface area contributed by atoms with Crippen molar-refractivity contribution in [1.29, 1.82) is 0 Å². The number of halogens is 1. The number of hydrogen-bond donors (Lipinski definition) is 1. The summed E-state index contributed by atoms with van der Waals surface area (Å²) in [4.78, 5) is 0. The lowest BCUT2D eigenvalue weighted by Crippen LogP contribution is -2.07. The zero-order valence-corrected chi connectivity index (χ0v) is 11.7. The molecule has 0 aliphatic carbocycles. The van der Waals surface area contributed by atoms with Crippen LogP contribution >= 0.6 is 0 Å². The molecule has 0 aromatic heterocycles. The number of benzene rings is 2. The fraction of sp³-hybridized carbons (Fsp3) is 0.294. The van der Waals surface area contributed by atoms with Crippen LogP contribution in [0.4, 0.5) is 4.39 Å². The molecule has 2 heteroatoms. The predicted octanol–water partition coefficient (Wildman–Crippen LogP) is 4.34. The summed E-state index contributed by atoms with van der Waals surface area (Å²) in [6, 6.07) is 13.8. The molecule has 100 valence electrons. The van der Waals surface area contributed by atoms with Crippen molar-refractivity contribution in [3.05, 3.63) is 59.4 Å². The van der Waals surface area contributed by atoms with Gasteiger partial charge in [-0.3, -0.25) is 0 Å². The normalized spacial score (nSPS) is 11.0. The molecule has 2 aromatic rings. The molecule has 0 fully saturated rings. The van der Waals surface area contributed by atoms with Gasteiger partial charge in [-0.25, -0.2) is 4.39 Å². The maximum atomic E-state index is 13.6. The molecule has 0 unspecified atom stereocenters. The molecule has 0 saturated heterocycles. The summed E-state index contributed by atoms with van der Waals surface area (Å²) in [5.74, 6) is 0.374. The lowest BCUT2D eigenvalue weighted by atomic mass is 9.98. The van der Waals surface area contributed by atoms with Crippen LogP contribution in [0.25, 0.3) is 11.1 Å². The monoisotopic (exact) mass is 257 g/mol. The van der Waals surface area contributed by atoms with Gasteiger partial charge in [0.2, 0.25) is 0 Å². The first-order chi connectivity index (χ1) is 9.11. The largest absolute Gasteiger partial charge is 0.316 e. The molecule has 0 atom stereocenters. The predicted molar refractivity (Wildman–Crippen MR) is 78.7 cm³/mol. The Morgan fingerprint density at radius 3 is 2.21 bits per heavy atom. The SMILES string of the molecule is CNCc1cc(-c2ccc(C(C)C)cc2)ccc1F. The van der Waals surface area contributed by atoms with Gasteiger partial charge in [-0.2, -0.15) is 0 Å². The smallest absolute Gasteiger partial charge is 0.127 e. The first kappa shape index (κ1) is 13.8. The Hall–Kier alpha value is -1.67. The summed E-state index contributed by atoms with van der Waals surface area (Å²) < 4.78 is 13.6. The second-order valence-corrected chi connectivity index (χ2v) is 5.11. The van der Waals surface area contributed by atoms with E-state index in [4.69, 9.17) is 0 Å². The molecular weight excluding hydrogens is 237 g/mol. The van der Waals surface area contributed by atoms with Crippen LogP contribution in [0.15, 0.2) is 42.5 Å². The topological polar surface area (TPSA) is 12.0 Å². The molecule has 19 heavy (non-hydrogen) atoms. The van der Waals surface area contributed by atoms with Crippen LogP contribution in [-0.4, -0.2) is 7.05 Å². The van der Waals surface area contributed by atoms with E-state index in [0.29, 0.717) is 18.0 Å². The highest BCUT2D eigenvalue weighted by molar-refractivity contribution is 5.64. The van der Waals surface area contributed by atoms with Gasteiger partial charge in [0.1, 0.15) is 5.82 Å². The molecule has 2 aromatic carbocycles. The third-order valence-electron chi connectivity index (χ3n) is 3.32. The van der Waals surface area contributed by atoms with Gasteiger partial charge in [0.15, 0.2) is 0 Å². The maximum Gasteiger partial charge on any atom is 0.127 e. The van der Waals surface area contributed by atoms with E-state index in [1.54, 1.807) is 6.07 Å². The van der Waals surface area contributed by atoms with E-state index >= 15 is 0 Å². The van der Waals surface area contributed by atoms with Crippen LogP contribution in [-0.2, 0) is 6.54 Å². The summed E-state index contributed by atoms with van der Waals surface area (Å²) in [6.45, 7) is 4.90. The van der Waals surface area contributed by atoms with Crippen molar-refractivity contribution in [2.75, 3.05) is 7.05 Å². The molecule has 0 spiro atoms. The summed E-state index contributed by atoms with van der Waals surface area (Å²) in [5, 5.41) is 2.99. The molecule has 0 aliphatic heterocycles. The highest BCUT2D eigenvalue weighted by Gasteiger charge is 2.05. The average Bonchev–Trinajstić information content (AvgIpc) is 2.41. The molecule has 0 saturated carbocycles. The molecule has 0 aliphatic rings. The van der Waals surface area contributed by atoms with Gasteiger partial charge in [0, 0.05) is 12.1 Å². The van der Waals surface area contributed by atoms with Crippen molar-refractivity contribution >= 4 is 0 Å². The Morgan fingerprint density at radius 2 is 1.63 bits per heavy atom. The Balaban J connectivity index is 2.33. The molecule has 0 radical (unpaired) electrons. The second-order valence-electron chi connectivity index (χ2n) is 5.11. The minimum absolute atomic E-state index is 0.156. The zero-order valence-electron chi connectivity index (χ0n) is 11.7. The van der Waals surface area contributed by atoms with Crippen LogP contribution in [0, 0.1) is 5.82 Å². The van der Waals surface area contributed by atoms with E-state index in [1.165, 1.54) is 5.56 Å². The van der Waals surface area contributed by atoms with E-state index in [0.717, 1.165) is 11.1 Å². The molecule has 1 N–H and O–H groups in total. The Kier molecular flexibility index (Phi) is 4.33. The van der Waals surface area contributed by atoms with Crippen molar-refractivity contribution in [3.8, 4) is 11.1 Å². The summed E-state index contributed by atoms with van der Waals surface area (Å²) >= 11 is 0. The van der Waals surface area contributed by atoms with Gasteiger partial charge < -0.3 is 5.32 Å². The summed E-state index contributed by atoms with van der Waals surface area (Å²) in [6.07, 6.45) is 0. The van der Waals surface area contributed by atoms with Crippen LogP contribution in [0.1, 0.15) is 30.9 Å². The van der Waals surface area contributed by atoms with E-state index in [-0.39, 0.29) is 5.82 Å². The van der Waals surface area contributed by atoms with Gasteiger partial charge in [0.25, 0.3) is 0 Å².